The van der Waals surface area contributed by atoms with Gasteiger partial charge in [0.15, 0.2) is 0 Å². The van der Waals surface area contributed by atoms with Crippen LogP contribution in [0.1, 0.15) is 32.1 Å². The van der Waals surface area contributed by atoms with Crippen molar-refractivity contribution in [2.75, 3.05) is 40.0 Å². The summed E-state index contributed by atoms with van der Waals surface area (Å²) in [5, 5.41) is 3.64. The van der Waals surface area contributed by atoms with Crippen LogP contribution in [-0.2, 0) is 9.47 Å². The van der Waals surface area contributed by atoms with Crippen LogP contribution >= 0.6 is 0 Å². The van der Waals surface area contributed by atoms with E-state index in [1.807, 2.05) is 0 Å². The van der Waals surface area contributed by atoms with Gasteiger partial charge in [-0.25, -0.2) is 0 Å². The summed E-state index contributed by atoms with van der Waals surface area (Å²) in [6.07, 6.45) is 6.61. The number of hydrogen-bond donors (Lipinski definition) is 1. The molecule has 1 saturated heterocycles. The van der Waals surface area contributed by atoms with Crippen LogP contribution in [0.3, 0.4) is 0 Å². The molecule has 0 aromatic heterocycles. The summed E-state index contributed by atoms with van der Waals surface area (Å²) in [4.78, 5) is 0. The maximum atomic E-state index is 5.38. The van der Waals surface area contributed by atoms with Gasteiger partial charge in [-0.15, -0.1) is 0 Å². The van der Waals surface area contributed by atoms with E-state index in [1.54, 1.807) is 7.11 Å². The molecule has 3 heteroatoms. The fraction of sp³-hybridized carbons (Fsp3) is 1.00. The van der Waals surface area contributed by atoms with Gasteiger partial charge in [-0.2, -0.15) is 0 Å². The number of rotatable bonds is 7. The SMILES string of the molecule is COCCC1(CNCC2CCOC2)CCC1. The van der Waals surface area contributed by atoms with Gasteiger partial charge in [-0.3, -0.25) is 0 Å². The second kappa shape index (κ2) is 5.99. The standard InChI is InChI=1S/C13H25NO2/c1-15-8-6-13(4-2-5-13)11-14-9-12-3-7-16-10-12/h12,14H,2-11H2,1H3. The van der Waals surface area contributed by atoms with Gasteiger partial charge in [0.25, 0.3) is 0 Å². The number of ether oxygens (including phenoxy) is 2. The second-order valence-electron chi connectivity index (χ2n) is 5.46. The molecule has 0 bridgehead atoms. The van der Waals surface area contributed by atoms with Crippen LogP contribution in [0.15, 0.2) is 0 Å². The maximum Gasteiger partial charge on any atom is 0.0507 e. The van der Waals surface area contributed by atoms with Crippen molar-refractivity contribution in [3.63, 3.8) is 0 Å². The third kappa shape index (κ3) is 3.19. The molecular formula is C13H25NO2. The molecule has 0 radical (unpaired) electrons. The highest BCUT2D eigenvalue weighted by Crippen LogP contribution is 2.43. The molecular weight excluding hydrogens is 202 g/mol. The lowest BCUT2D eigenvalue weighted by Crippen LogP contribution is -2.42. The fourth-order valence-corrected chi connectivity index (χ4v) is 2.80. The first-order valence-corrected chi connectivity index (χ1v) is 6.62. The minimum Gasteiger partial charge on any atom is -0.385 e. The summed E-state index contributed by atoms with van der Waals surface area (Å²) >= 11 is 0. The Labute approximate surface area is 98.9 Å². The summed E-state index contributed by atoms with van der Waals surface area (Å²) in [6, 6.07) is 0. The first kappa shape index (κ1) is 12.3. The molecule has 2 aliphatic rings. The predicted octanol–water partition coefficient (Wildman–Crippen LogP) is 1.82. The van der Waals surface area contributed by atoms with Crippen molar-refractivity contribution in [2.45, 2.75) is 32.1 Å². The van der Waals surface area contributed by atoms with E-state index in [4.69, 9.17) is 9.47 Å². The zero-order valence-electron chi connectivity index (χ0n) is 10.5. The van der Waals surface area contributed by atoms with Crippen LogP contribution in [0, 0.1) is 11.3 Å². The lowest BCUT2D eigenvalue weighted by Gasteiger charge is -2.42. The third-order valence-corrected chi connectivity index (χ3v) is 4.21. The zero-order chi connectivity index (χ0) is 11.3. The number of methoxy groups -OCH3 is 1. The Kier molecular flexibility index (Phi) is 4.62. The van der Waals surface area contributed by atoms with Crippen LogP contribution < -0.4 is 5.32 Å². The summed E-state index contributed by atoms with van der Waals surface area (Å²) in [6.45, 7) is 5.13. The summed E-state index contributed by atoms with van der Waals surface area (Å²) < 4.78 is 10.6. The van der Waals surface area contributed by atoms with E-state index in [9.17, 15) is 0 Å². The molecule has 2 rings (SSSR count). The molecule has 0 aromatic rings. The first-order chi connectivity index (χ1) is 7.85. The average Bonchev–Trinajstić information content (AvgIpc) is 2.73. The molecule has 1 heterocycles. The van der Waals surface area contributed by atoms with E-state index in [1.165, 1.54) is 38.6 Å². The van der Waals surface area contributed by atoms with E-state index < -0.39 is 0 Å². The van der Waals surface area contributed by atoms with E-state index in [-0.39, 0.29) is 0 Å². The minimum absolute atomic E-state index is 0.551. The summed E-state index contributed by atoms with van der Waals surface area (Å²) in [5.74, 6) is 0.750. The molecule has 2 fully saturated rings. The van der Waals surface area contributed by atoms with Crippen LogP contribution in [0.4, 0.5) is 0 Å². The van der Waals surface area contributed by atoms with Crippen molar-refractivity contribution in [3.8, 4) is 0 Å². The van der Waals surface area contributed by atoms with Gasteiger partial charge in [0.05, 0.1) is 6.61 Å². The lowest BCUT2D eigenvalue weighted by molar-refractivity contribution is 0.0680. The van der Waals surface area contributed by atoms with Gasteiger partial charge in [0, 0.05) is 33.4 Å². The van der Waals surface area contributed by atoms with Gasteiger partial charge in [0.1, 0.15) is 0 Å². The Morgan fingerprint density at radius 3 is 2.88 bits per heavy atom. The molecule has 1 saturated carbocycles. The molecule has 1 unspecified atom stereocenters. The molecule has 16 heavy (non-hydrogen) atoms. The second-order valence-corrected chi connectivity index (χ2v) is 5.46. The van der Waals surface area contributed by atoms with E-state index >= 15 is 0 Å². The number of nitrogens with one attached hydrogen (secondary N) is 1. The van der Waals surface area contributed by atoms with Crippen molar-refractivity contribution < 1.29 is 9.47 Å². The third-order valence-electron chi connectivity index (χ3n) is 4.21. The largest absolute Gasteiger partial charge is 0.385 e. The van der Waals surface area contributed by atoms with E-state index in [2.05, 4.69) is 5.32 Å². The Hall–Kier alpha value is -0.120. The van der Waals surface area contributed by atoms with Crippen molar-refractivity contribution in [1.29, 1.82) is 0 Å². The normalized spacial score (nSPS) is 27.9. The number of hydrogen-bond acceptors (Lipinski definition) is 3. The highest BCUT2D eigenvalue weighted by molar-refractivity contribution is 4.89. The molecule has 0 spiro atoms. The van der Waals surface area contributed by atoms with Crippen molar-refractivity contribution in [2.24, 2.45) is 11.3 Å². The summed E-state index contributed by atoms with van der Waals surface area (Å²) in [5.41, 5.74) is 0.551. The van der Waals surface area contributed by atoms with Crippen molar-refractivity contribution >= 4 is 0 Å². The van der Waals surface area contributed by atoms with Gasteiger partial charge in [0.2, 0.25) is 0 Å². The molecule has 1 aliphatic carbocycles. The van der Waals surface area contributed by atoms with Gasteiger partial charge in [-0.05, 0) is 37.0 Å². The van der Waals surface area contributed by atoms with Crippen LogP contribution in [0.25, 0.3) is 0 Å². The van der Waals surface area contributed by atoms with Gasteiger partial charge in [-0.1, -0.05) is 6.42 Å². The van der Waals surface area contributed by atoms with Crippen LogP contribution in [0.5, 0.6) is 0 Å². The molecule has 94 valence electrons. The Morgan fingerprint density at radius 1 is 1.44 bits per heavy atom. The zero-order valence-corrected chi connectivity index (χ0v) is 10.5. The molecule has 0 aromatic carbocycles. The molecule has 1 atom stereocenters. The molecule has 3 nitrogen and oxygen atoms in total. The quantitative estimate of drug-likeness (QED) is 0.719. The Bertz CT molecular complexity index is 198. The Morgan fingerprint density at radius 2 is 2.31 bits per heavy atom. The topological polar surface area (TPSA) is 30.5 Å². The minimum atomic E-state index is 0.551. The van der Waals surface area contributed by atoms with Crippen LogP contribution in [0.2, 0.25) is 0 Å². The van der Waals surface area contributed by atoms with Gasteiger partial charge < -0.3 is 14.8 Å². The highest BCUT2D eigenvalue weighted by atomic mass is 16.5. The summed E-state index contributed by atoms with van der Waals surface area (Å²) in [7, 11) is 1.80. The van der Waals surface area contributed by atoms with Crippen molar-refractivity contribution in [1.82, 2.24) is 5.32 Å². The fourth-order valence-electron chi connectivity index (χ4n) is 2.80. The van der Waals surface area contributed by atoms with E-state index in [0.29, 0.717) is 5.41 Å². The van der Waals surface area contributed by atoms with Crippen LogP contribution in [-0.4, -0.2) is 40.0 Å². The predicted molar refractivity (Wildman–Crippen MR) is 64.6 cm³/mol. The molecule has 0 amide bonds. The highest BCUT2D eigenvalue weighted by Gasteiger charge is 2.36. The van der Waals surface area contributed by atoms with E-state index in [0.717, 1.165) is 32.3 Å². The first-order valence-electron chi connectivity index (χ1n) is 6.62. The van der Waals surface area contributed by atoms with Crippen molar-refractivity contribution in [3.05, 3.63) is 0 Å². The Balaban J connectivity index is 1.62. The average molecular weight is 227 g/mol. The monoisotopic (exact) mass is 227 g/mol. The molecule has 1 aliphatic heterocycles. The lowest BCUT2D eigenvalue weighted by atomic mass is 9.66. The maximum absolute atomic E-state index is 5.38. The molecule has 1 N–H and O–H groups in total. The smallest absolute Gasteiger partial charge is 0.0507 e. The van der Waals surface area contributed by atoms with Gasteiger partial charge >= 0.3 is 0 Å².